The number of fused-ring (bicyclic) bond motifs is 1. The van der Waals surface area contributed by atoms with E-state index in [9.17, 15) is 0 Å². The molecule has 3 nitrogen and oxygen atoms in total. The summed E-state index contributed by atoms with van der Waals surface area (Å²) >= 11 is 0. The summed E-state index contributed by atoms with van der Waals surface area (Å²) in [6, 6.07) is 8.15. The van der Waals surface area contributed by atoms with Gasteiger partial charge in [0.2, 0.25) is 0 Å². The Morgan fingerprint density at radius 3 is 2.94 bits per heavy atom. The lowest BCUT2D eigenvalue weighted by Gasteiger charge is -2.11. The van der Waals surface area contributed by atoms with Gasteiger partial charge in [0.05, 0.1) is 6.61 Å². The number of hydrogen-bond acceptors (Lipinski definition) is 3. The van der Waals surface area contributed by atoms with Crippen molar-refractivity contribution >= 4 is 10.9 Å². The van der Waals surface area contributed by atoms with Crippen molar-refractivity contribution in [1.29, 1.82) is 0 Å². The molecule has 1 aromatic heterocycles. The van der Waals surface area contributed by atoms with E-state index in [1.165, 1.54) is 5.56 Å². The maximum absolute atomic E-state index is 5.80. The molecule has 0 unspecified atom stereocenters. The number of unbranched alkanes of at least 4 members (excludes halogenated alkanes) is 1. The minimum atomic E-state index is 0.653. The van der Waals surface area contributed by atoms with Gasteiger partial charge in [-0.15, -0.1) is 0 Å². The molecule has 0 aliphatic carbocycles. The van der Waals surface area contributed by atoms with Crippen LogP contribution in [-0.4, -0.2) is 18.1 Å². The normalized spacial score (nSPS) is 10.8. The highest BCUT2D eigenvalue weighted by Crippen LogP contribution is 2.27. The third-order valence-corrected chi connectivity index (χ3v) is 2.99. The first-order chi connectivity index (χ1) is 8.86. The average molecular weight is 244 g/mol. The summed E-state index contributed by atoms with van der Waals surface area (Å²) in [7, 11) is 0. The Hall–Kier alpha value is -1.61. The standard InChI is InChI=1S/C15H20N2O/c1-2-3-11-18-14-7-6-12(8-9-16)13-5-4-10-17-15(13)14/h4-7,10H,2-3,8-9,11,16H2,1H3. The van der Waals surface area contributed by atoms with Crippen molar-refractivity contribution in [2.45, 2.75) is 26.2 Å². The average Bonchev–Trinajstić information content (AvgIpc) is 2.41. The number of ether oxygens (including phenoxy) is 1. The van der Waals surface area contributed by atoms with Crippen LogP contribution in [0.3, 0.4) is 0 Å². The highest BCUT2D eigenvalue weighted by Gasteiger charge is 2.07. The Labute approximate surface area is 108 Å². The predicted molar refractivity (Wildman–Crippen MR) is 74.9 cm³/mol. The topological polar surface area (TPSA) is 48.1 Å². The molecule has 0 saturated carbocycles. The second-order valence-electron chi connectivity index (χ2n) is 4.36. The first kappa shape index (κ1) is 12.8. The first-order valence-corrected chi connectivity index (χ1v) is 6.56. The molecule has 96 valence electrons. The number of hydrogen-bond donors (Lipinski definition) is 1. The summed E-state index contributed by atoms with van der Waals surface area (Å²) in [6.45, 7) is 3.56. The van der Waals surface area contributed by atoms with E-state index in [0.717, 1.165) is 42.5 Å². The van der Waals surface area contributed by atoms with Gasteiger partial charge in [-0.1, -0.05) is 25.5 Å². The number of rotatable bonds is 6. The van der Waals surface area contributed by atoms with E-state index in [1.807, 2.05) is 12.1 Å². The lowest BCUT2D eigenvalue weighted by molar-refractivity contribution is 0.312. The van der Waals surface area contributed by atoms with Crippen LogP contribution in [0.2, 0.25) is 0 Å². The Kier molecular flexibility index (Phi) is 4.53. The van der Waals surface area contributed by atoms with Crippen LogP contribution in [0.15, 0.2) is 30.5 Å². The highest BCUT2D eigenvalue weighted by atomic mass is 16.5. The molecule has 18 heavy (non-hydrogen) atoms. The molecule has 1 heterocycles. The van der Waals surface area contributed by atoms with E-state index in [-0.39, 0.29) is 0 Å². The first-order valence-electron chi connectivity index (χ1n) is 6.56. The molecule has 0 saturated heterocycles. The van der Waals surface area contributed by atoms with Gasteiger partial charge < -0.3 is 10.5 Å². The van der Waals surface area contributed by atoms with Crippen molar-refractivity contribution in [1.82, 2.24) is 4.98 Å². The van der Waals surface area contributed by atoms with E-state index in [2.05, 4.69) is 24.0 Å². The van der Waals surface area contributed by atoms with Crippen LogP contribution in [-0.2, 0) is 6.42 Å². The molecule has 2 aromatic rings. The monoisotopic (exact) mass is 244 g/mol. The molecular weight excluding hydrogens is 224 g/mol. The summed E-state index contributed by atoms with van der Waals surface area (Å²) in [6.07, 6.45) is 4.88. The van der Waals surface area contributed by atoms with Crippen molar-refractivity contribution in [3.63, 3.8) is 0 Å². The van der Waals surface area contributed by atoms with E-state index in [4.69, 9.17) is 10.5 Å². The van der Waals surface area contributed by atoms with Gasteiger partial charge in [0, 0.05) is 11.6 Å². The predicted octanol–water partition coefficient (Wildman–Crippen LogP) is 2.91. The fourth-order valence-corrected chi connectivity index (χ4v) is 2.02. The quantitative estimate of drug-likeness (QED) is 0.795. The zero-order valence-electron chi connectivity index (χ0n) is 10.9. The molecule has 0 fully saturated rings. The van der Waals surface area contributed by atoms with Gasteiger partial charge in [-0.25, -0.2) is 0 Å². The zero-order valence-corrected chi connectivity index (χ0v) is 10.9. The van der Waals surface area contributed by atoms with Gasteiger partial charge in [0.1, 0.15) is 11.3 Å². The third kappa shape index (κ3) is 2.79. The van der Waals surface area contributed by atoms with Crippen LogP contribution in [0.1, 0.15) is 25.3 Å². The Balaban J connectivity index is 2.34. The van der Waals surface area contributed by atoms with Crippen molar-refractivity contribution in [2.24, 2.45) is 5.73 Å². The van der Waals surface area contributed by atoms with Crippen molar-refractivity contribution in [3.05, 3.63) is 36.0 Å². The fraction of sp³-hybridized carbons (Fsp3) is 0.400. The van der Waals surface area contributed by atoms with Crippen molar-refractivity contribution in [2.75, 3.05) is 13.2 Å². The molecule has 2 N–H and O–H groups in total. The molecule has 0 bridgehead atoms. The van der Waals surface area contributed by atoms with Crippen LogP contribution in [0.25, 0.3) is 10.9 Å². The Bertz CT molecular complexity index is 511. The second-order valence-corrected chi connectivity index (χ2v) is 4.36. The molecule has 0 aliphatic heterocycles. The van der Waals surface area contributed by atoms with E-state index in [0.29, 0.717) is 6.54 Å². The van der Waals surface area contributed by atoms with Crippen LogP contribution < -0.4 is 10.5 Å². The lowest BCUT2D eigenvalue weighted by atomic mass is 10.1. The number of nitrogens with two attached hydrogens (primary N) is 1. The Morgan fingerprint density at radius 2 is 2.17 bits per heavy atom. The van der Waals surface area contributed by atoms with E-state index < -0.39 is 0 Å². The largest absolute Gasteiger partial charge is 0.491 e. The summed E-state index contributed by atoms with van der Waals surface area (Å²) < 4.78 is 5.80. The van der Waals surface area contributed by atoms with Crippen molar-refractivity contribution in [3.8, 4) is 5.75 Å². The minimum absolute atomic E-state index is 0.653. The maximum atomic E-state index is 5.80. The Morgan fingerprint density at radius 1 is 1.28 bits per heavy atom. The van der Waals surface area contributed by atoms with Gasteiger partial charge >= 0.3 is 0 Å². The smallest absolute Gasteiger partial charge is 0.145 e. The highest BCUT2D eigenvalue weighted by molar-refractivity contribution is 5.87. The zero-order chi connectivity index (χ0) is 12.8. The molecule has 2 rings (SSSR count). The third-order valence-electron chi connectivity index (χ3n) is 2.99. The molecule has 0 spiro atoms. The van der Waals surface area contributed by atoms with E-state index in [1.54, 1.807) is 6.20 Å². The van der Waals surface area contributed by atoms with Gasteiger partial charge in [0.15, 0.2) is 0 Å². The molecule has 3 heteroatoms. The summed E-state index contributed by atoms with van der Waals surface area (Å²) in [5.41, 5.74) is 7.82. The van der Waals surface area contributed by atoms with Crippen molar-refractivity contribution < 1.29 is 4.74 Å². The van der Waals surface area contributed by atoms with Crippen LogP contribution >= 0.6 is 0 Å². The van der Waals surface area contributed by atoms with Gasteiger partial charge in [-0.3, -0.25) is 4.98 Å². The van der Waals surface area contributed by atoms with Crippen LogP contribution in [0.5, 0.6) is 5.75 Å². The molecule has 0 amide bonds. The van der Waals surface area contributed by atoms with Gasteiger partial charge in [0.25, 0.3) is 0 Å². The maximum Gasteiger partial charge on any atom is 0.145 e. The second kappa shape index (κ2) is 6.36. The summed E-state index contributed by atoms with van der Waals surface area (Å²) in [5.74, 6) is 0.875. The summed E-state index contributed by atoms with van der Waals surface area (Å²) in [4.78, 5) is 4.44. The summed E-state index contributed by atoms with van der Waals surface area (Å²) in [5, 5.41) is 1.15. The number of benzene rings is 1. The molecule has 0 atom stereocenters. The number of nitrogens with zero attached hydrogens (tertiary/aromatic N) is 1. The fourth-order valence-electron chi connectivity index (χ4n) is 2.02. The molecule has 1 aromatic carbocycles. The van der Waals surface area contributed by atoms with E-state index >= 15 is 0 Å². The lowest BCUT2D eigenvalue weighted by Crippen LogP contribution is -2.04. The van der Waals surface area contributed by atoms with Gasteiger partial charge in [-0.2, -0.15) is 0 Å². The molecule has 0 aliphatic rings. The number of pyridine rings is 1. The number of aromatic nitrogens is 1. The van der Waals surface area contributed by atoms with Crippen LogP contribution in [0.4, 0.5) is 0 Å². The SMILES string of the molecule is CCCCOc1ccc(CCN)c2cccnc12. The molecular formula is C15H20N2O. The van der Waals surface area contributed by atoms with Crippen LogP contribution in [0, 0.1) is 0 Å². The molecule has 0 radical (unpaired) electrons. The van der Waals surface area contributed by atoms with Gasteiger partial charge in [-0.05, 0) is 37.1 Å². The minimum Gasteiger partial charge on any atom is -0.491 e.